The smallest absolute Gasteiger partial charge is 0.233 e. The molecule has 2 aromatic rings. The zero-order valence-corrected chi connectivity index (χ0v) is 18.9. The Kier molecular flexibility index (Phi) is 6.97. The van der Waals surface area contributed by atoms with E-state index in [-0.39, 0.29) is 11.2 Å². The van der Waals surface area contributed by atoms with Gasteiger partial charge in [0, 0.05) is 19.1 Å². The lowest BCUT2D eigenvalue weighted by molar-refractivity contribution is -0.121. The molecular formula is C23H33N5OS. The highest BCUT2D eigenvalue weighted by Gasteiger charge is 2.28. The van der Waals surface area contributed by atoms with Crippen LogP contribution < -0.4 is 10.2 Å². The summed E-state index contributed by atoms with van der Waals surface area (Å²) in [6.07, 6.45) is 8.41. The largest absolute Gasteiger partial charge is 0.352 e. The quantitative estimate of drug-likeness (QED) is 0.691. The summed E-state index contributed by atoms with van der Waals surface area (Å²) in [5.74, 6) is 1.54. The first-order chi connectivity index (χ1) is 14.6. The minimum absolute atomic E-state index is 0.0980. The van der Waals surface area contributed by atoms with Crippen LogP contribution in [-0.4, -0.2) is 45.1 Å². The van der Waals surface area contributed by atoms with E-state index in [0.717, 1.165) is 36.3 Å². The van der Waals surface area contributed by atoms with Crippen molar-refractivity contribution in [3.8, 4) is 5.69 Å². The Morgan fingerprint density at radius 3 is 2.53 bits per heavy atom. The maximum atomic E-state index is 12.9. The van der Waals surface area contributed by atoms with Crippen molar-refractivity contribution in [2.75, 3.05) is 18.0 Å². The first kappa shape index (κ1) is 21.2. The van der Waals surface area contributed by atoms with Gasteiger partial charge in [0.2, 0.25) is 11.9 Å². The molecule has 1 aromatic heterocycles. The number of para-hydroxylation sites is 1. The Hall–Kier alpha value is -2.02. The van der Waals surface area contributed by atoms with E-state index in [9.17, 15) is 4.79 Å². The van der Waals surface area contributed by atoms with Crippen LogP contribution >= 0.6 is 11.8 Å². The normalized spacial score (nSPS) is 23.2. The van der Waals surface area contributed by atoms with Gasteiger partial charge < -0.3 is 10.2 Å². The van der Waals surface area contributed by atoms with E-state index in [2.05, 4.69) is 44.0 Å². The molecule has 1 saturated heterocycles. The van der Waals surface area contributed by atoms with E-state index in [0.29, 0.717) is 12.0 Å². The van der Waals surface area contributed by atoms with Gasteiger partial charge in [-0.2, -0.15) is 0 Å². The van der Waals surface area contributed by atoms with Crippen molar-refractivity contribution >= 4 is 23.6 Å². The number of thioether (sulfide) groups is 1. The van der Waals surface area contributed by atoms with Crippen LogP contribution in [0.2, 0.25) is 0 Å². The highest BCUT2D eigenvalue weighted by Crippen LogP contribution is 2.31. The minimum Gasteiger partial charge on any atom is -0.352 e. The zero-order chi connectivity index (χ0) is 20.9. The first-order valence-electron chi connectivity index (χ1n) is 11.4. The molecule has 162 valence electrons. The van der Waals surface area contributed by atoms with Crippen LogP contribution in [0.1, 0.15) is 58.8 Å². The van der Waals surface area contributed by atoms with Crippen molar-refractivity contribution in [3.63, 3.8) is 0 Å². The number of carbonyl (C=O) groups is 1. The molecule has 0 radical (unpaired) electrons. The van der Waals surface area contributed by atoms with E-state index in [4.69, 9.17) is 0 Å². The summed E-state index contributed by atoms with van der Waals surface area (Å²) in [5.41, 5.74) is 1.04. The minimum atomic E-state index is -0.222. The monoisotopic (exact) mass is 427 g/mol. The van der Waals surface area contributed by atoms with Crippen molar-refractivity contribution in [1.82, 2.24) is 20.1 Å². The summed E-state index contributed by atoms with van der Waals surface area (Å²) in [7, 11) is 0. The van der Waals surface area contributed by atoms with E-state index in [1.165, 1.54) is 50.3 Å². The highest BCUT2D eigenvalue weighted by atomic mass is 32.2. The van der Waals surface area contributed by atoms with Gasteiger partial charge in [0.25, 0.3) is 0 Å². The number of aromatic nitrogens is 3. The van der Waals surface area contributed by atoms with Crippen LogP contribution in [-0.2, 0) is 4.79 Å². The van der Waals surface area contributed by atoms with Crippen molar-refractivity contribution in [2.24, 2.45) is 5.92 Å². The van der Waals surface area contributed by atoms with Crippen molar-refractivity contribution < 1.29 is 4.79 Å². The van der Waals surface area contributed by atoms with Crippen LogP contribution in [0, 0.1) is 5.92 Å². The Labute approximate surface area is 183 Å². The standard InChI is InChI=1S/C23H33N5OS/c1-17-11-7-8-14-20(17)24-21(29)18(2)30-23-26-25-22(27-15-9-4-10-16-27)28(23)19-12-5-3-6-13-19/h3,5-6,12-13,17-18,20H,4,7-11,14-16H2,1-2H3,(H,24,29)/t17-,18-,20-/m1/s1. The number of hydrogen-bond donors (Lipinski definition) is 1. The molecule has 6 nitrogen and oxygen atoms in total. The van der Waals surface area contributed by atoms with Crippen LogP contribution in [0.25, 0.3) is 5.69 Å². The topological polar surface area (TPSA) is 63.1 Å². The highest BCUT2D eigenvalue weighted by molar-refractivity contribution is 8.00. The molecule has 2 heterocycles. The SMILES string of the molecule is C[C@@H]1CCCC[C@H]1NC(=O)[C@@H](C)Sc1nnc(N2CCCCC2)n1-c1ccccc1. The maximum absolute atomic E-state index is 12.9. The molecule has 4 rings (SSSR count). The van der Waals surface area contributed by atoms with Gasteiger partial charge >= 0.3 is 0 Å². The third-order valence-electron chi connectivity index (χ3n) is 6.36. The molecule has 7 heteroatoms. The third kappa shape index (κ3) is 4.82. The number of benzene rings is 1. The van der Waals surface area contributed by atoms with E-state index in [1.54, 1.807) is 0 Å². The summed E-state index contributed by atoms with van der Waals surface area (Å²) in [6, 6.07) is 10.5. The molecular weight excluding hydrogens is 394 g/mol. The van der Waals surface area contributed by atoms with Gasteiger partial charge in [-0.25, -0.2) is 0 Å². The second-order valence-corrected chi connectivity index (χ2v) is 9.95. The maximum Gasteiger partial charge on any atom is 0.233 e. The lowest BCUT2D eigenvalue weighted by atomic mass is 9.86. The predicted molar refractivity (Wildman–Crippen MR) is 122 cm³/mol. The summed E-state index contributed by atoms with van der Waals surface area (Å²) >= 11 is 1.50. The molecule has 2 aliphatic rings. The number of amides is 1. The second-order valence-electron chi connectivity index (χ2n) is 8.64. The first-order valence-corrected chi connectivity index (χ1v) is 12.2. The Bertz CT molecular complexity index is 833. The number of hydrogen-bond acceptors (Lipinski definition) is 5. The Morgan fingerprint density at radius 1 is 1.07 bits per heavy atom. The molecule has 1 aromatic carbocycles. The average Bonchev–Trinajstić information content (AvgIpc) is 3.20. The molecule has 1 saturated carbocycles. The van der Waals surface area contributed by atoms with Gasteiger partial charge in [-0.3, -0.25) is 9.36 Å². The number of nitrogens with one attached hydrogen (secondary N) is 1. The van der Waals surface area contributed by atoms with Gasteiger partial charge in [-0.05, 0) is 57.1 Å². The molecule has 30 heavy (non-hydrogen) atoms. The summed E-state index contributed by atoms with van der Waals surface area (Å²) < 4.78 is 2.11. The van der Waals surface area contributed by atoms with Gasteiger partial charge in [0.05, 0.1) is 10.9 Å². The molecule has 2 fully saturated rings. The fraction of sp³-hybridized carbons (Fsp3) is 0.609. The number of anilines is 1. The molecule has 0 unspecified atom stereocenters. The molecule has 0 spiro atoms. The number of piperidine rings is 1. The molecule has 0 bridgehead atoms. The summed E-state index contributed by atoms with van der Waals surface area (Å²) in [4.78, 5) is 15.2. The van der Waals surface area contributed by atoms with Gasteiger partial charge in [-0.15, -0.1) is 10.2 Å². The third-order valence-corrected chi connectivity index (χ3v) is 7.40. The number of nitrogens with zero attached hydrogens (tertiary/aromatic N) is 4. The predicted octanol–water partition coefficient (Wildman–Crippen LogP) is 4.43. The molecule has 3 atom stereocenters. The fourth-order valence-corrected chi connectivity index (χ4v) is 5.35. The zero-order valence-electron chi connectivity index (χ0n) is 18.1. The van der Waals surface area contributed by atoms with Gasteiger partial charge in [-0.1, -0.05) is 49.7 Å². The molecule has 1 N–H and O–H groups in total. The lowest BCUT2D eigenvalue weighted by Gasteiger charge is -2.30. The molecule has 1 aliphatic carbocycles. The Balaban J connectivity index is 1.53. The van der Waals surface area contributed by atoms with E-state index in [1.807, 2.05) is 25.1 Å². The summed E-state index contributed by atoms with van der Waals surface area (Å²) in [5, 5.41) is 12.9. The van der Waals surface area contributed by atoms with Gasteiger partial charge in [0.15, 0.2) is 5.16 Å². The molecule has 1 amide bonds. The van der Waals surface area contributed by atoms with E-state index >= 15 is 0 Å². The molecule has 1 aliphatic heterocycles. The van der Waals surface area contributed by atoms with Crippen LogP contribution in [0.5, 0.6) is 0 Å². The van der Waals surface area contributed by atoms with Crippen LogP contribution in [0.15, 0.2) is 35.5 Å². The van der Waals surface area contributed by atoms with Crippen LogP contribution in [0.4, 0.5) is 5.95 Å². The van der Waals surface area contributed by atoms with Gasteiger partial charge in [0.1, 0.15) is 0 Å². The summed E-state index contributed by atoms with van der Waals surface area (Å²) in [6.45, 7) is 6.23. The van der Waals surface area contributed by atoms with Crippen molar-refractivity contribution in [1.29, 1.82) is 0 Å². The number of carbonyl (C=O) groups excluding carboxylic acids is 1. The van der Waals surface area contributed by atoms with Crippen molar-refractivity contribution in [2.45, 2.75) is 75.2 Å². The second kappa shape index (κ2) is 9.86. The van der Waals surface area contributed by atoms with Crippen molar-refractivity contribution in [3.05, 3.63) is 30.3 Å². The Morgan fingerprint density at radius 2 is 1.80 bits per heavy atom. The van der Waals surface area contributed by atoms with Crippen LogP contribution in [0.3, 0.4) is 0 Å². The number of rotatable bonds is 6. The fourth-order valence-electron chi connectivity index (χ4n) is 4.48. The van der Waals surface area contributed by atoms with E-state index < -0.39 is 0 Å². The lowest BCUT2D eigenvalue weighted by Crippen LogP contribution is -2.44. The average molecular weight is 428 g/mol.